The van der Waals surface area contributed by atoms with E-state index in [1.54, 1.807) is 43.3 Å². The molecule has 39 heavy (non-hydrogen) atoms. The predicted octanol–water partition coefficient (Wildman–Crippen LogP) is 3.50. The average Bonchev–Trinajstić information content (AvgIpc) is 2.93. The number of carbonyl (C=O) groups is 3. The molecular weight excluding hydrogens is 524 g/mol. The van der Waals surface area contributed by atoms with Crippen LogP contribution in [0.4, 0.5) is 5.69 Å². The number of hydrogen-bond donors (Lipinski definition) is 2. The number of amides is 1. The van der Waals surface area contributed by atoms with Crippen molar-refractivity contribution >= 4 is 33.6 Å². The Bertz CT molecular complexity index is 1420. The van der Waals surface area contributed by atoms with E-state index in [1.807, 2.05) is 6.92 Å². The first kappa shape index (κ1) is 29.3. The highest BCUT2D eigenvalue weighted by molar-refractivity contribution is 7.89. The Hall–Kier alpha value is -4.22. The first-order valence-corrected chi connectivity index (χ1v) is 13.5. The van der Waals surface area contributed by atoms with Gasteiger partial charge in [0.1, 0.15) is 11.8 Å². The summed E-state index contributed by atoms with van der Waals surface area (Å²) in [5.74, 6) is -1.61. The van der Waals surface area contributed by atoms with E-state index in [9.17, 15) is 22.8 Å². The normalized spacial score (nSPS) is 11.8. The number of methoxy groups -OCH3 is 2. The van der Waals surface area contributed by atoms with Gasteiger partial charge in [-0.2, -0.15) is 4.72 Å². The molecule has 0 radical (unpaired) electrons. The molecule has 0 bridgehead atoms. The average molecular weight is 555 g/mol. The molecule has 2 N–H and O–H groups in total. The topological polar surface area (TPSA) is 137 Å². The van der Waals surface area contributed by atoms with Gasteiger partial charge in [-0.15, -0.1) is 0 Å². The number of esters is 2. The summed E-state index contributed by atoms with van der Waals surface area (Å²) in [6.07, 6.45) is 0.0302. The van der Waals surface area contributed by atoms with Crippen molar-refractivity contribution in [3.8, 4) is 5.75 Å². The van der Waals surface area contributed by atoms with Crippen molar-refractivity contribution in [1.29, 1.82) is 0 Å². The van der Waals surface area contributed by atoms with Crippen molar-refractivity contribution in [2.24, 2.45) is 0 Å². The Morgan fingerprint density at radius 1 is 0.872 bits per heavy atom. The third-order valence-electron chi connectivity index (χ3n) is 5.70. The standard InChI is InChI=1S/C28H30N2O8S/c1-5-38-25-12-11-23(13-18(25)2)39(34,35)30-24(14-19-9-7-6-8-10-19)26(31)29-22-16-20(27(32)36-3)15-21(17-22)28(33)37-4/h6-13,15-17,24,30H,5,14H2,1-4H3,(H,29,31)/t24-/m1/s1. The lowest BCUT2D eigenvalue weighted by Gasteiger charge is -2.20. The molecule has 0 heterocycles. The minimum atomic E-state index is -4.14. The molecule has 1 atom stereocenters. The van der Waals surface area contributed by atoms with Crippen LogP contribution >= 0.6 is 0 Å². The third kappa shape index (κ3) is 7.65. The fourth-order valence-electron chi connectivity index (χ4n) is 3.80. The van der Waals surface area contributed by atoms with Gasteiger partial charge in [-0.1, -0.05) is 30.3 Å². The summed E-state index contributed by atoms with van der Waals surface area (Å²) in [6, 6.07) is 16.0. The first-order valence-electron chi connectivity index (χ1n) is 12.0. The van der Waals surface area contributed by atoms with Crippen LogP contribution in [0.15, 0.2) is 71.6 Å². The summed E-state index contributed by atoms with van der Waals surface area (Å²) in [4.78, 5) is 37.7. The molecule has 10 nitrogen and oxygen atoms in total. The maximum absolute atomic E-state index is 13.4. The van der Waals surface area contributed by atoms with E-state index >= 15 is 0 Å². The molecule has 3 aromatic rings. The van der Waals surface area contributed by atoms with E-state index in [-0.39, 0.29) is 28.1 Å². The molecule has 0 saturated carbocycles. The Labute approximate surface area is 227 Å². The van der Waals surface area contributed by atoms with Gasteiger partial charge in [-0.05, 0) is 67.8 Å². The second-order valence-electron chi connectivity index (χ2n) is 8.50. The summed E-state index contributed by atoms with van der Waals surface area (Å²) < 4.78 is 44.1. The molecule has 3 rings (SSSR count). The van der Waals surface area contributed by atoms with E-state index < -0.39 is 33.9 Å². The largest absolute Gasteiger partial charge is 0.494 e. The van der Waals surface area contributed by atoms with Crippen LogP contribution in [0.3, 0.4) is 0 Å². The fraction of sp³-hybridized carbons (Fsp3) is 0.250. The summed E-state index contributed by atoms with van der Waals surface area (Å²) in [6.45, 7) is 3.98. The van der Waals surface area contributed by atoms with Crippen LogP contribution < -0.4 is 14.8 Å². The van der Waals surface area contributed by atoms with Crippen LogP contribution in [-0.2, 0) is 30.7 Å². The monoisotopic (exact) mass is 554 g/mol. The molecule has 11 heteroatoms. The van der Waals surface area contributed by atoms with Crippen molar-refractivity contribution in [2.75, 3.05) is 26.1 Å². The lowest BCUT2D eigenvalue weighted by Crippen LogP contribution is -2.45. The van der Waals surface area contributed by atoms with Crippen LogP contribution in [0, 0.1) is 6.92 Å². The second-order valence-corrected chi connectivity index (χ2v) is 10.2. The van der Waals surface area contributed by atoms with E-state index in [4.69, 9.17) is 14.2 Å². The SMILES string of the molecule is CCOc1ccc(S(=O)(=O)N[C@H](Cc2ccccc2)C(=O)Nc2cc(C(=O)OC)cc(C(=O)OC)c2)cc1C. The summed E-state index contributed by atoms with van der Waals surface area (Å²) in [5, 5.41) is 2.61. The number of aryl methyl sites for hydroxylation is 1. The number of ether oxygens (including phenoxy) is 3. The number of anilines is 1. The van der Waals surface area contributed by atoms with Gasteiger partial charge in [-0.3, -0.25) is 4.79 Å². The highest BCUT2D eigenvalue weighted by Gasteiger charge is 2.27. The van der Waals surface area contributed by atoms with Gasteiger partial charge in [0, 0.05) is 5.69 Å². The molecule has 0 spiro atoms. The van der Waals surface area contributed by atoms with Gasteiger partial charge in [0.25, 0.3) is 0 Å². The molecule has 0 unspecified atom stereocenters. The Balaban J connectivity index is 1.95. The van der Waals surface area contributed by atoms with Crippen LogP contribution in [0.1, 0.15) is 38.8 Å². The number of benzene rings is 3. The van der Waals surface area contributed by atoms with E-state index in [0.29, 0.717) is 23.5 Å². The van der Waals surface area contributed by atoms with Gasteiger partial charge in [0.2, 0.25) is 15.9 Å². The van der Waals surface area contributed by atoms with Gasteiger partial charge >= 0.3 is 11.9 Å². The second kappa shape index (κ2) is 13.0. The molecule has 0 aliphatic rings. The smallest absolute Gasteiger partial charge is 0.337 e. The van der Waals surface area contributed by atoms with Crippen molar-refractivity contribution in [1.82, 2.24) is 4.72 Å². The summed E-state index contributed by atoms with van der Waals surface area (Å²) >= 11 is 0. The molecular formula is C28H30N2O8S. The minimum absolute atomic E-state index is 0.000697. The molecule has 0 saturated heterocycles. The van der Waals surface area contributed by atoms with Gasteiger partial charge < -0.3 is 19.5 Å². The molecule has 0 aromatic heterocycles. The molecule has 3 aromatic carbocycles. The molecule has 0 aliphatic heterocycles. The van der Waals surface area contributed by atoms with Crippen LogP contribution in [0.2, 0.25) is 0 Å². The first-order chi connectivity index (χ1) is 18.6. The van der Waals surface area contributed by atoms with Crippen LogP contribution in [0.5, 0.6) is 5.75 Å². The Morgan fingerprint density at radius 3 is 2.03 bits per heavy atom. The van der Waals surface area contributed by atoms with Gasteiger partial charge in [-0.25, -0.2) is 18.0 Å². The quantitative estimate of drug-likeness (QED) is 0.344. The van der Waals surface area contributed by atoms with E-state index in [1.165, 1.54) is 44.6 Å². The number of sulfonamides is 1. The number of carbonyl (C=O) groups excluding carboxylic acids is 3. The maximum atomic E-state index is 13.4. The minimum Gasteiger partial charge on any atom is -0.494 e. The number of hydrogen-bond acceptors (Lipinski definition) is 8. The zero-order valence-electron chi connectivity index (χ0n) is 22.0. The molecule has 206 valence electrons. The van der Waals surface area contributed by atoms with Crippen molar-refractivity contribution < 1.29 is 37.0 Å². The number of nitrogens with one attached hydrogen (secondary N) is 2. The number of rotatable bonds is 11. The summed E-state index contributed by atoms with van der Waals surface area (Å²) in [7, 11) is -1.78. The fourth-order valence-corrected chi connectivity index (χ4v) is 5.08. The van der Waals surface area contributed by atoms with Crippen molar-refractivity contribution in [3.05, 3.63) is 89.0 Å². The van der Waals surface area contributed by atoms with E-state index in [0.717, 1.165) is 0 Å². The van der Waals surface area contributed by atoms with Gasteiger partial charge in [0.15, 0.2) is 0 Å². The van der Waals surface area contributed by atoms with Crippen molar-refractivity contribution in [3.63, 3.8) is 0 Å². The maximum Gasteiger partial charge on any atom is 0.337 e. The zero-order chi connectivity index (χ0) is 28.6. The lowest BCUT2D eigenvalue weighted by molar-refractivity contribution is -0.117. The van der Waals surface area contributed by atoms with E-state index in [2.05, 4.69) is 10.0 Å². The van der Waals surface area contributed by atoms with Crippen LogP contribution in [0.25, 0.3) is 0 Å². The summed E-state index contributed by atoms with van der Waals surface area (Å²) in [5.41, 5.74) is 1.42. The van der Waals surface area contributed by atoms with Crippen molar-refractivity contribution in [2.45, 2.75) is 31.2 Å². The molecule has 0 aliphatic carbocycles. The zero-order valence-corrected chi connectivity index (χ0v) is 22.8. The molecule has 1 amide bonds. The molecule has 0 fully saturated rings. The highest BCUT2D eigenvalue weighted by Crippen LogP contribution is 2.23. The lowest BCUT2D eigenvalue weighted by atomic mass is 10.1. The third-order valence-corrected chi connectivity index (χ3v) is 7.17. The highest BCUT2D eigenvalue weighted by atomic mass is 32.2. The van der Waals surface area contributed by atoms with Gasteiger partial charge in [0.05, 0.1) is 36.8 Å². The van der Waals surface area contributed by atoms with Crippen LogP contribution in [-0.4, -0.2) is 53.1 Å². The Kier molecular flexibility index (Phi) is 9.80. The Morgan fingerprint density at radius 2 is 1.49 bits per heavy atom. The predicted molar refractivity (Wildman–Crippen MR) is 144 cm³/mol.